The molecule has 0 aromatic heterocycles. The Kier molecular flexibility index (Phi) is 5.86. The van der Waals surface area contributed by atoms with Crippen LogP contribution < -0.4 is 16.0 Å². The number of amides is 2. The fraction of sp³-hybridized carbons (Fsp3) is 0.231. The number of hydrogen-bond donors (Lipinski definition) is 3. The second-order valence-electron chi connectivity index (χ2n) is 3.63. The first-order valence-corrected chi connectivity index (χ1v) is 5.92. The van der Waals surface area contributed by atoms with Crippen molar-refractivity contribution in [3.8, 4) is 12.3 Å². The zero-order valence-electron chi connectivity index (χ0n) is 10.4. The summed E-state index contributed by atoms with van der Waals surface area (Å²) in [5, 5.41) is 8.21. The smallest absolute Gasteiger partial charge is 0.251 e. The van der Waals surface area contributed by atoms with Crippen LogP contribution in [0.1, 0.15) is 10.4 Å². The number of anilines is 1. The summed E-state index contributed by atoms with van der Waals surface area (Å²) in [6.07, 6.45) is 5.05. The minimum Gasteiger partial charge on any atom is -0.355 e. The van der Waals surface area contributed by atoms with Crippen LogP contribution in [0.4, 0.5) is 5.69 Å². The number of carbonyl (C=O) groups is 2. The molecule has 0 saturated heterocycles. The lowest BCUT2D eigenvalue weighted by Crippen LogP contribution is -2.28. The second-order valence-corrected chi connectivity index (χ2v) is 4.04. The summed E-state index contributed by atoms with van der Waals surface area (Å²) in [6.45, 7) is 0.379. The van der Waals surface area contributed by atoms with Gasteiger partial charge in [0.2, 0.25) is 5.91 Å². The maximum Gasteiger partial charge on any atom is 0.251 e. The van der Waals surface area contributed by atoms with Crippen molar-refractivity contribution in [2.45, 2.75) is 0 Å². The standard InChI is InChI=1S/C13H14ClN3O2/c1-3-6-16-8-12(18)17-11-7-9(13(19)15-2)4-5-10(11)14/h1,4-5,7,16H,6,8H2,2H3,(H,15,19)(H,17,18). The molecule has 0 aliphatic rings. The Balaban J connectivity index is 2.74. The van der Waals surface area contributed by atoms with Crippen molar-refractivity contribution >= 4 is 29.1 Å². The maximum absolute atomic E-state index is 11.6. The quantitative estimate of drug-likeness (QED) is 0.553. The molecule has 19 heavy (non-hydrogen) atoms. The van der Waals surface area contributed by atoms with Crippen molar-refractivity contribution in [3.05, 3.63) is 28.8 Å². The van der Waals surface area contributed by atoms with Gasteiger partial charge in [-0.3, -0.25) is 14.9 Å². The summed E-state index contributed by atoms with van der Waals surface area (Å²) < 4.78 is 0. The van der Waals surface area contributed by atoms with Crippen molar-refractivity contribution in [2.24, 2.45) is 0 Å². The topological polar surface area (TPSA) is 70.2 Å². The van der Waals surface area contributed by atoms with E-state index in [9.17, 15) is 9.59 Å². The Hall–Kier alpha value is -2.03. The zero-order valence-corrected chi connectivity index (χ0v) is 11.2. The van der Waals surface area contributed by atoms with Gasteiger partial charge in [0.25, 0.3) is 5.91 Å². The van der Waals surface area contributed by atoms with Gasteiger partial charge in [-0.2, -0.15) is 0 Å². The molecule has 100 valence electrons. The van der Waals surface area contributed by atoms with E-state index in [1.165, 1.54) is 13.1 Å². The molecule has 1 aromatic rings. The van der Waals surface area contributed by atoms with Crippen molar-refractivity contribution < 1.29 is 9.59 Å². The monoisotopic (exact) mass is 279 g/mol. The lowest BCUT2D eigenvalue weighted by molar-refractivity contribution is -0.115. The summed E-state index contributed by atoms with van der Waals surface area (Å²) in [4.78, 5) is 23.1. The number of rotatable bonds is 5. The normalized spacial score (nSPS) is 9.53. The molecule has 2 amide bonds. The molecular formula is C13H14ClN3O2. The number of nitrogens with one attached hydrogen (secondary N) is 3. The molecule has 1 aromatic carbocycles. The van der Waals surface area contributed by atoms with Crippen LogP contribution in [0.5, 0.6) is 0 Å². The van der Waals surface area contributed by atoms with Gasteiger partial charge in [-0.25, -0.2) is 0 Å². The molecule has 0 heterocycles. The fourth-order valence-electron chi connectivity index (χ4n) is 1.35. The Morgan fingerprint density at radius 2 is 2.16 bits per heavy atom. The zero-order chi connectivity index (χ0) is 14.3. The highest BCUT2D eigenvalue weighted by Gasteiger charge is 2.09. The van der Waals surface area contributed by atoms with Gasteiger partial charge >= 0.3 is 0 Å². The van der Waals surface area contributed by atoms with E-state index in [1.54, 1.807) is 12.1 Å². The highest BCUT2D eigenvalue weighted by atomic mass is 35.5. The largest absolute Gasteiger partial charge is 0.355 e. The van der Waals surface area contributed by atoms with Crippen LogP contribution in [0.2, 0.25) is 5.02 Å². The van der Waals surface area contributed by atoms with E-state index in [2.05, 4.69) is 21.9 Å². The van der Waals surface area contributed by atoms with Crippen LogP contribution in [-0.4, -0.2) is 32.0 Å². The number of halogens is 1. The van der Waals surface area contributed by atoms with Crippen LogP contribution in [0.15, 0.2) is 18.2 Å². The first-order chi connectivity index (χ1) is 9.08. The summed E-state index contributed by atoms with van der Waals surface area (Å²) >= 11 is 5.95. The molecule has 0 aliphatic heterocycles. The summed E-state index contributed by atoms with van der Waals surface area (Å²) in [5.74, 6) is 1.82. The summed E-state index contributed by atoms with van der Waals surface area (Å²) in [7, 11) is 1.53. The van der Waals surface area contributed by atoms with Crippen molar-refractivity contribution in [1.82, 2.24) is 10.6 Å². The van der Waals surface area contributed by atoms with Crippen LogP contribution in [0.3, 0.4) is 0 Å². The Bertz CT molecular complexity index is 523. The van der Waals surface area contributed by atoms with Crippen LogP contribution >= 0.6 is 11.6 Å². The second kappa shape index (κ2) is 7.41. The van der Waals surface area contributed by atoms with E-state index in [0.717, 1.165) is 0 Å². The highest BCUT2D eigenvalue weighted by Crippen LogP contribution is 2.22. The molecule has 5 nitrogen and oxygen atoms in total. The molecule has 0 unspecified atom stereocenters. The molecular weight excluding hydrogens is 266 g/mol. The Labute approximate surface area is 116 Å². The van der Waals surface area contributed by atoms with Crippen LogP contribution in [-0.2, 0) is 4.79 Å². The predicted octanol–water partition coefficient (Wildman–Crippen LogP) is 0.861. The minimum atomic E-state index is -0.286. The predicted molar refractivity (Wildman–Crippen MR) is 75.2 cm³/mol. The van der Waals surface area contributed by atoms with Crippen molar-refractivity contribution in [2.75, 3.05) is 25.5 Å². The Morgan fingerprint density at radius 1 is 1.42 bits per heavy atom. The number of carbonyl (C=O) groups excluding carboxylic acids is 2. The third-order valence-corrected chi connectivity index (χ3v) is 2.57. The molecule has 0 fully saturated rings. The third kappa shape index (κ3) is 4.62. The number of benzene rings is 1. The van der Waals surface area contributed by atoms with E-state index >= 15 is 0 Å². The van der Waals surface area contributed by atoms with E-state index in [4.69, 9.17) is 18.0 Å². The van der Waals surface area contributed by atoms with Gasteiger partial charge < -0.3 is 10.6 Å². The van der Waals surface area contributed by atoms with Gasteiger partial charge in [-0.15, -0.1) is 6.42 Å². The van der Waals surface area contributed by atoms with Gasteiger partial charge in [0.1, 0.15) is 0 Å². The van der Waals surface area contributed by atoms with Crippen molar-refractivity contribution in [3.63, 3.8) is 0 Å². The lowest BCUT2D eigenvalue weighted by Gasteiger charge is -2.09. The molecule has 0 aliphatic carbocycles. The van der Waals surface area contributed by atoms with E-state index in [0.29, 0.717) is 22.8 Å². The molecule has 1 rings (SSSR count). The molecule has 0 bridgehead atoms. The highest BCUT2D eigenvalue weighted by molar-refractivity contribution is 6.33. The molecule has 0 spiro atoms. The lowest BCUT2D eigenvalue weighted by atomic mass is 10.2. The number of hydrogen-bond acceptors (Lipinski definition) is 3. The molecule has 6 heteroatoms. The molecule has 0 atom stereocenters. The first-order valence-electron chi connectivity index (χ1n) is 5.54. The summed E-state index contributed by atoms with van der Waals surface area (Å²) in [5.41, 5.74) is 0.800. The number of terminal acetylenes is 1. The molecule has 3 N–H and O–H groups in total. The minimum absolute atomic E-state index is 0.0741. The molecule has 0 saturated carbocycles. The van der Waals surface area contributed by atoms with Gasteiger partial charge in [0.15, 0.2) is 0 Å². The van der Waals surface area contributed by atoms with E-state index < -0.39 is 0 Å². The third-order valence-electron chi connectivity index (χ3n) is 2.24. The maximum atomic E-state index is 11.6. The van der Waals surface area contributed by atoms with Gasteiger partial charge in [0, 0.05) is 12.6 Å². The van der Waals surface area contributed by atoms with Crippen LogP contribution in [0, 0.1) is 12.3 Å². The average molecular weight is 280 g/mol. The SMILES string of the molecule is C#CCNCC(=O)Nc1cc(C(=O)NC)ccc1Cl. The first kappa shape index (κ1) is 15.0. The van der Waals surface area contributed by atoms with Crippen LogP contribution in [0.25, 0.3) is 0 Å². The fourth-order valence-corrected chi connectivity index (χ4v) is 1.51. The van der Waals surface area contributed by atoms with E-state index in [-0.39, 0.29) is 18.4 Å². The summed E-state index contributed by atoms with van der Waals surface area (Å²) in [6, 6.07) is 4.64. The van der Waals surface area contributed by atoms with Gasteiger partial charge in [-0.1, -0.05) is 17.5 Å². The van der Waals surface area contributed by atoms with Gasteiger partial charge in [0.05, 0.1) is 23.8 Å². The van der Waals surface area contributed by atoms with Crippen molar-refractivity contribution in [1.29, 1.82) is 0 Å². The van der Waals surface area contributed by atoms with Gasteiger partial charge in [-0.05, 0) is 18.2 Å². The average Bonchev–Trinajstić information content (AvgIpc) is 2.40. The van der Waals surface area contributed by atoms with E-state index in [1.807, 2.05) is 0 Å². The molecule has 0 radical (unpaired) electrons. The Morgan fingerprint density at radius 3 is 2.79 bits per heavy atom.